The molecular formula is C12H17NO5. The van der Waals surface area contributed by atoms with E-state index in [9.17, 15) is 15.0 Å². The number of rotatable bonds is 6. The van der Waals surface area contributed by atoms with Crippen molar-refractivity contribution in [2.45, 2.75) is 26.2 Å². The number of hydrogen-bond acceptors (Lipinski definition) is 5. The number of aromatic hydroxyl groups is 2. The molecule has 6 nitrogen and oxygen atoms in total. The summed E-state index contributed by atoms with van der Waals surface area (Å²) in [5.41, 5.74) is 5.81. The first kappa shape index (κ1) is 14.0. The van der Waals surface area contributed by atoms with E-state index in [4.69, 9.17) is 15.6 Å². The number of carboxylic acids is 1. The Balaban J connectivity index is 2.55. The molecular weight excluding hydrogens is 238 g/mol. The molecule has 0 saturated heterocycles. The number of anilines is 1. The highest BCUT2D eigenvalue weighted by molar-refractivity contribution is 5.68. The lowest BCUT2D eigenvalue weighted by atomic mass is 10.1. The fourth-order valence-corrected chi connectivity index (χ4v) is 1.46. The lowest BCUT2D eigenvalue weighted by Gasteiger charge is -2.12. The van der Waals surface area contributed by atoms with Gasteiger partial charge in [-0.1, -0.05) is 0 Å². The fraction of sp³-hybridized carbons (Fsp3) is 0.417. The van der Waals surface area contributed by atoms with Gasteiger partial charge in [0.25, 0.3) is 0 Å². The Bertz CT molecular complexity index is 445. The first-order valence-corrected chi connectivity index (χ1v) is 5.59. The third-order valence-corrected chi connectivity index (χ3v) is 2.57. The zero-order valence-corrected chi connectivity index (χ0v) is 10.1. The maximum absolute atomic E-state index is 10.3. The lowest BCUT2D eigenvalue weighted by Crippen LogP contribution is -2.02. The highest BCUT2D eigenvalue weighted by atomic mass is 16.5. The van der Waals surface area contributed by atoms with Crippen LogP contribution >= 0.6 is 0 Å². The second kappa shape index (κ2) is 6.00. The molecule has 6 heteroatoms. The van der Waals surface area contributed by atoms with Gasteiger partial charge < -0.3 is 25.8 Å². The summed E-state index contributed by atoms with van der Waals surface area (Å²) in [5, 5.41) is 27.5. The van der Waals surface area contributed by atoms with Crippen molar-refractivity contribution >= 4 is 11.7 Å². The standard InChI is InChI=1S/C12H17NO5/c1-7-9(6-8(14)11(13)12(7)17)18-5-3-2-4-10(15)16/h6,14,17H,2-5,13H2,1H3,(H,15,16). The predicted octanol–water partition coefficient (Wildman–Crippen LogP) is 1.62. The Morgan fingerprint density at radius 3 is 2.67 bits per heavy atom. The van der Waals surface area contributed by atoms with Crippen molar-refractivity contribution in [2.24, 2.45) is 0 Å². The zero-order chi connectivity index (χ0) is 13.7. The van der Waals surface area contributed by atoms with Gasteiger partial charge in [-0.3, -0.25) is 4.79 Å². The van der Waals surface area contributed by atoms with Crippen LogP contribution in [-0.4, -0.2) is 27.9 Å². The number of aliphatic carboxylic acids is 1. The molecule has 0 amide bonds. The molecule has 0 bridgehead atoms. The van der Waals surface area contributed by atoms with Crippen molar-refractivity contribution < 1.29 is 24.9 Å². The number of ether oxygens (including phenoxy) is 1. The molecule has 0 radical (unpaired) electrons. The van der Waals surface area contributed by atoms with Crippen molar-refractivity contribution in [2.75, 3.05) is 12.3 Å². The first-order valence-electron chi connectivity index (χ1n) is 5.59. The average Bonchev–Trinajstić information content (AvgIpc) is 2.32. The highest BCUT2D eigenvalue weighted by Crippen LogP contribution is 2.39. The Morgan fingerprint density at radius 2 is 2.06 bits per heavy atom. The second-order valence-corrected chi connectivity index (χ2v) is 3.98. The molecule has 0 unspecified atom stereocenters. The number of phenolic OH excluding ortho intramolecular Hbond substituents is 2. The minimum Gasteiger partial charge on any atom is -0.506 e. The summed E-state index contributed by atoms with van der Waals surface area (Å²) in [6.45, 7) is 1.94. The van der Waals surface area contributed by atoms with Gasteiger partial charge in [-0.2, -0.15) is 0 Å². The van der Waals surface area contributed by atoms with Crippen molar-refractivity contribution in [1.29, 1.82) is 0 Å². The summed E-state index contributed by atoms with van der Waals surface area (Å²) in [5.74, 6) is -0.933. The number of carbonyl (C=O) groups is 1. The quantitative estimate of drug-likeness (QED) is 0.349. The van der Waals surface area contributed by atoms with Crippen LogP contribution in [0, 0.1) is 6.92 Å². The van der Waals surface area contributed by atoms with E-state index in [1.807, 2.05) is 0 Å². The monoisotopic (exact) mass is 255 g/mol. The summed E-state index contributed by atoms with van der Waals surface area (Å²) < 4.78 is 5.37. The van der Waals surface area contributed by atoms with Gasteiger partial charge in [0.1, 0.15) is 22.9 Å². The fourth-order valence-electron chi connectivity index (χ4n) is 1.46. The van der Waals surface area contributed by atoms with E-state index < -0.39 is 5.97 Å². The molecule has 0 fully saturated rings. The van der Waals surface area contributed by atoms with Gasteiger partial charge in [-0.25, -0.2) is 0 Å². The molecule has 0 aliphatic carbocycles. The van der Waals surface area contributed by atoms with Crippen LogP contribution in [0.2, 0.25) is 0 Å². The Hall–Kier alpha value is -2.11. The summed E-state index contributed by atoms with van der Waals surface area (Å²) >= 11 is 0. The minimum absolute atomic E-state index is 0.0780. The molecule has 0 heterocycles. The van der Waals surface area contributed by atoms with Gasteiger partial charge in [-0.05, 0) is 19.8 Å². The van der Waals surface area contributed by atoms with Crippen LogP contribution in [0.3, 0.4) is 0 Å². The van der Waals surface area contributed by atoms with Gasteiger partial charge in [-0.15, -0.1) is 0 Å². The van der Waals surface area contributed by atoms with E-state index in [0.29, 0.717) is 30.8 Å². The maximum Gasteiger partial charge on any atom is 0.303 e. The first-order chi connectivity index (χ1) is 8.43. The molecule has 0 aromatic heterocycles. The normalized spacial score (nSPS) is 10.3. The molecule has 100 valence electrons. The number of nitrogens with two attached hydrogens (primary N) is 1. The summed E-state index contributed by atoms with van der Waals surface area (Å²) in [7, 11) is 0. The predicted molar refractivity (Wildman–Crippen MR) is 65.9 cm³/mol. The summed E-state index contributed by atoms with van der Waals surface area (Å²) in [6.07, 6.45) is 1.19. The molecule has 18 heavy (non-hydrogen) atoms. The summed E-state index contributed by atoms with van der Waals surface area (Å²) in [4.78, 5) is 10.3. The second-order valence-electron chi connectivity index (χ2n) is 3.98. The van der Waals surface area contributed by atoms with Crippen LogP contribution in [0.1, 0.15) is 24.8 Å². The van der Waals surface area contributed by atoms with E-state index in [1.54, 1.807) is 6.92 Å². The number of hydrogen-bond donors (Lipinski definition) is 4. The molecule has 1 rings (SSSR count). The maximum atomic E-state index is 10.3. The van der Waals surface area contributed by atoms with E-state index in [1.165, 1.54) is 6.07 Å². The minimum atomic E-state index is -0.839. The number of nitrogen functional groups attached to an aromatic ring is 1. The van der Waals surface area contributed by atoms with Gasteiger partial charge in [0.15, 0.2) is 0 Å². The van der Waals surface area contributed by atoms with E-state index in [2.05, 4.69) is 0 Å². The molecule has 0 aliphatic heterocycles. The number of phenols is 2. The topological polar surface area (TPSA) is 113 Å². The SMILES string of the molecule is Cc1c(OCCCCC(=O)O)cc(O)c(N)c1O. The van der Waals surface area contributed by atoms with Gasteiger partial charge in [0.05, 0.1) is 6.61 Å². The van der Waals surface area contributed by atoms with Crippen LogP contribution in [0.5, 0.6) is 17.2 Å². The van der Waals surface area contributed by atoms with Crippen molar-refractivity contribution in [3.8, 4) is 17.2 Å². The molecule has 0 saturated carbocycles. The smallest absolute Gasteiger partial charge is 0.303 e. The largest absolute Gasteiger partial charge is 0.506 e. The number of carboxylic acid groups (broad SMARTS) is 1. The molecule has 0 atom stereocenters. The Labute approximate surface area is 105 Å². The van der Waals surface area contributed by atoms with Crippen LogP contribution in [0.15, 0.2) is 6.07 Å². The lowest BCUT2D eigenvalue weighted by molar-refractivity contribution is -0.137. The Morgan fingerprint density at radius 1 is 1.39 bits per heavy atom. The van der Waals surface area contributed by atoms with Gasteiger partial charge in [0.2, 0.25) is 0 Å². The van der Waals surface area contributed by atoms with Crippen LogP contribution in [-0.2, 0) is 4.79 Å². The van der Waals surface area contributed by atoms with E-state index >= 15 is 0 Å². The molecule has 0 aliphatic rings. The third kappa shape index (κ3) is 3.44. The summed E-state index contributed by atoms with van der Waals surface area (Å²) in [6, 6.07) is 1.33. The van der Waals surface area contributed by atoms with Crippen LogP contribution in [0.4, 0.5) is 5.69 Å². The molecule has 5 N–H and O–H groups in total. The van der Waals surface area contributed by atoms with Crippen LogP contribution < -0.4 is 10.5 Å². The van der Waals surface area contributed by atoms with Crippen molar-refractivity contribution in [3.63, 3.8) is 0 Å². The van der Waals surface area contributed by atoms with Gasteiger partial charge in [0, 0.05) is 18.1 Å². The number of benzene rings is 1. The Kier molecular flexibility index (Phi) is 4.65. The van der Waals surface area contributed by atoms with Crippen molar-refractivity contribution in [3.05, 3.63) is 11.6 Å². The van der Waals surface area contributed by atoms with E-state index in [-0.39, 0.29) is 23.6 Å². The van der Waals surface area contributed by atoms with E-state index in [0.717, 1.165) is 0 Å². The average molecular weight is 255 g/mol. The highest BCUT2D eigenvalue weighted by Gasteiger charge is 2.12. The zero-order valence-electron chi connectivity index (χ0n) is 10.1. The molecule has 1 aromatic rings. The third-order valence-electron chi connectivity index (χ3n) is 2.57. The van der Waals surface area contributed by atoms with Crippen LogP contribution in [0.25, 0.3) is 0 Å². The van der Waals surface area contributed by atoms with Crippen molar-refractivity contribution in [1.82, 2.24) is 0 Å². The molecule has 1 aromatic carbocycles. The van der Waals surface area contributed by atoms with Gasteiger partial charge >= 0.3 is 5.97 Å². The molecule has 0 spiro atoms. The number of unbranched alkanes of at least 4 members (excludes halogenated alkanes) is 1.